The first-order valence-electron chi connectivity index (χ1n) is 8.62. The van der Waals surface area contributed by atoms with Crippen molar-refractivity contribution in [3.05, 3.63) is 48.0 Å². The van der Waals surface area contributed by atoms with Gasteiger partial charge in [-0.05, 0) is 24.5 Å². The highest BCUT2D eigenvalue weighted by atomic mass is 16.2. The van der Waals surface area contributed by atoms with Crippen LogP contribution in [0.15, 0.2) is 36.9 Å². The number of amides is 2. The van der Waals surface area contributed by atoms with E-state index in [1.807, 2.05) is 33.8 Å². The number of aromatic nitrogens is 3. The first-order chi connectivity index (χ1) is 12.1. The largest absolute Gasteiger partial charge is 0.342 e. The van der Waals surface area contributed by atoms with E-state index in [2.05, 4.69) is 10.1 Å². The number of carbonyl (C=O) groups excluding carboxylic acids is 2. The number of benzene rings is 1. The predicted octanol–water partition coefficient (Wildman–Crippen LogP) is 1.31. The van der Waals surface area contributed by atoms with Gasteiger partial charge in [0, 0.05) is 32.2 Å². The molecule has 2 aromatic rings. The summed E-state index contributed by atoms with van der Waals surface area (Å²) in [5.74, 6) is -0.171. The van der Waals surface area contributed by atoms with Gasteiger partial charge in [0.15, 0.2) is 0 Å². The molecule has 1 saturated heterocycles. The van der Waals surface area contributed by atoms with E-state index < -0.39 is 0 Å². The van der Waals surface area contributed by atoms with Crippen LogP contribution >= 0.6 is 0 Å². The maximum atomic E-state index is 13.1. The zero-order valence-corrected chi connectivity index (χ0v) is 14.2. The molecule has 0 radical (unpaired) electrons. The minimum atomic E-state index is -0.276. The molecule has 0 saturated carbocycles. The Hall–Kier alpha value is -2.70. The van der Waals surface area contributed by atoms with Crippen LogP contribution in [0.3, 0.4) is 0 Å². The van der Waals surface area contributed by atoms with Gasteiger partial charge in [0.25, 0.3) is 5.91 Å². The summed E-state index contributed by atoms with van der Waals surface area (Å²) >= 11 is 0. The lowest BCUT2D eigenvalue weighted by atomic mass is 9.88. The minimum absolute atomic E-state index is 0.00968. The maximum Gasteiger partial charge on any atom is 0.253 e. The van der Waals surface area contributed by atoms with Crippen molar-refractivity contribution in [1.82, 2.24) is 24.6 Å². The van der Waals surface area contributed by atoms with E-state index in [1.165, 1.54) is 0 Å². The van der Waals surface area contributed by atoms with E-state index >= 15 is 0 Å². The zero-order valence-electron chi connectivity index (χ0n) is 14.2. The third kappa shape index (κ3) is 2.79. The molecule has 1 unspecified atom stereocenters. The van der Waals surface area contributed by atoms with Gasteiger partial charge in [-0.15, -0.1) is 0 Å². The molecule has 1 aromatic carbocycles. The molecule has 2 aliphatic heterocycles. The molecule has 0 N–H and O–H groups in total. The van der Waals surface area contributed by atoms with Crippen molar-refractivity contribution >= 4 is 11.8 Å². The SMILES string of the molecule is CN1CC(C(=O)N2CCC(n3cncn3)CC2)c2ccccc2C1=O. The standard InChI is InChI=1S/C18H21N5O2/c1-21-10-16(14-4-2-3-5-15(14)17(21)24)18(25)22-8-6-13(7-9-22)23-12-19-11-20-23/h2-5,11-13,16H,6-10H2,1H3. The second kappa shape index (κ2) is 6.31. The summed E-state index contributed by atoms with van der Waals surface area (Å²) in [5, 5.41) is 4.21. The number of nitrogens with zero attached hydrogens (tertiary/aromatic N) is 5. The summed E-state index contributed by atoms with van der Waals surface area (Å²) in [4.78, 5) is 33.0. The van der Waals surface area contributed by atoms with Crippen molar-refractivity contribution in [2.45, 2.75) is 24.8 Å². The van der Waals surface area contributed by atoms with E-state index in [-0.39, 0.29) is 17.7 Å². The first kappa shape index (κ1) is 15.8. The van der Waals surface area contributed by atoms with E-state index in [0.717, 1.165) is 18.4 Å². The fraction of sp³-hybridized carbons (Fsp3) is 0.444. The number of hydrogen-bond acceptors (Lipinski definition) is 4. The Kier molecular flexibility index (Phi) is 3.99. The fourth-order valence-corrected chi connectivity index (χ4v) is 3.84. The van der Waals surface area contributed by atoms with Crippen molar-refractivity contribution in [2.75, 3.05) is 26.7 Å². The average Bonchev–Trinajstić information content (AvgIpc) is 3.19. The van der Waals surface area contributed by atoms with E-state index in [0.29, 0.717) is 31.2 Å². The molecule has 7 heteroatoms. The second-order valence-electron chi connectivity index (χ2n) is 6.76. The monoisotopic (exact) mass is 339 g/mol. The zero-order chi connectivity index (χ0) is 17.4. The normalized spacial score (nSPS) is 21.3. The van der Waals surface area contributed by atoms with Gasteiger partial charge in [-0.25, -0.2) is 9.67 Å². The summed E-state index contributed by atoms with van der Waals surface area (Å²) in [5.41, 5.74) is 1.50. The molecule has 3 heterocycles. The Labute approximate surface area is 146 Å². The molecular weight excluding hydrogens is 318 g/mol. The fourth-order valence-electron chi connectivity index (χ4n) is 3.84. The van der Waals surface area contributed by atoms with Gasteiger partial charge < -0.3 is 9.80 Å². The van der Waals surface area contributed by atoms with Crippen LogP contribution in [-0.2, 0) is 4.79 Å². The molecule has 2 aliphatic rings. The van der Waals surface area contributed by atoms with Crippen LogP contribution in [0.4, 0.5) is 0 Å². The number of piperidine rings is 1. The van der Waals surface area contributed by atoms with Gasteiger partial charge in [-0.3, -0.25) is 9.59 Å². The Balaban J connectivity index is 1.50. The van der Waals surface area contributed by atoms with Crippen molar-refractivity contribution in [3.63, 3.8) is 0 Å². The number of fused-ring (bicyclic) bond motifs is 1. The lowest BCUT2D eigenvalue weighted by Crippen LogP contribution is -2.47. The van der Waals surface area contributed by atoms with E-state index in [9.17, 15) is 9.59 Å². The van der Waals surface area contributed by atoms with Gasteiger partial charge in [0.2, 0.25) is 5.91 Å². The molecule has 0 bridgehead atoms. The minimum Gasteiger partial charge on any atom is -0.342 e. The topological polar surface area (TPSA) is 71.3 Å². The molecule has 2 amide bonds. The quantitative estimate of drug-likeness (QED) is 0.827. The van der Waals surface area contributed by atoms with Crippen LogP contribution < -0.4 is 0 Å². The smallest absolute Gasteiger partial charge is 0.253 e. The highest BCUT2D eigenvalue weighted by molar-refractivity contribution is 6.00. The van der Waals surface area contributed by atoms with Gasteiger partial charge >= 0.3 is 0 Å². The molecular formula is C18H21N5O2. The number of rotatable bonds is 2. The van der Waals surface area contributed by atoms with Crippen LogP contribution in [0.2, 0.25) is 0 Å². The van der Waals surface area contributed by atoms with Crippen LogP contribution in [0, 0.1) is 0 Å². The van der Waals surface area contributed by atoms with Gasteiger partial charge in [-0.1, -0.05) is 18.2 Å². The number of hydrogen-bond donors (Lipinski definition) is 0. The lowest BCUT2D eigenvalue weighted by Gasteiger charge is -2.37. The third-order valence-electron chi connectivity index (χ3n) is 5.25. The Morgan fingerprint density at radius 1 is 1.20 bits per heavy atom. The molecule has 25 heavy (non-hydrogen) atoms. The Bertz CT molecular complexity index is 781. The van der Waals surface area contributed by atoms with Crippen LogP contribution in [0.25, 0.3) is 0 Å². The lowest BCUT2D eigenvalue weighted by molar-refractivity contribution is -0.134. The molecule has 7 nitrogen and oxygen atoms in total. The highest BCUT2D eigenvalue weighted by Gasteiger charge is 2.36. The van der Waals surface area contributed by atoms with Gasteiger partial charge in [0.1, 0.15) is 12.7 Å². The average molecular weight is 339 g/mol. The molecule has 0 aliphatic carbocycles. The number of carbonyl (C=O) groups is 2. The summed E-state index contributed by atoms with van der Waals surface area (Å²) in [7, 11) is 1.76. The van der Waals surface area contributed by atoms with Crippen molar-refractivity contribution in [1.29, 1.82) is 0 Å². The van der Waals surface area contributed by atoms with Gasteiger partial charge in [0.05, 0.1) is 12.0 Å². The summed E-state index contributed by atoms with van der Waals surface area (Å²) < 4.78 is 1.88. The maximum absolute atomic E-state index is 13.1. The summed E-state index contributed by atoms with van der Waals surface area (Å²) in [6.45, 7) is 1.86. The van der Waals surface area contributed by atoms with Crippen LogP contribution in [0.5, 0.6) is 0 Å². The van der Waals surface area contributed by atoms with Crippen molar-refractivity contribution in [3.8, 4) is 0 Å². The molecule has 130 valence electrons. The first-order valence-corrected chi connectivity index (χ1v) is 8.62. The molecule has 1 aromatic heterocycles. The summed E-state index contributed by atoms with van der Waals surface area (Å²) in [6.07, 6.45) is 5.03. The highest BCUT2D eigenvalue weighted by Crippen LogP contribution is 2.31. The van der Waals surface area contributed by atoms with E-state index in [4.69, 9.17) is 0 Å². The third-order valence-corrected chi connectivity index (χ3v) is 5.25. The van der Waals surface area contributed by atoms with Gasteiger partial charge in [-0.2, -0.15) is 5.10 Å². The van der Waals surface area contributed by atoms with Crippen LogP contribution in [0.1, 0.15) is 40.7 Å². The van der Waals surface area contributed by atoms with Crippen molar-refractivity contribution < 1.29 is 9.59 Å². The van der Waals surface area contributed by atoms with Crippen molar-refractivity contribution in [2.24, 2.45) is 0 Å². The number of likely N-dealkylation sites (tertiary alicyclic amines) is 1. The molecule has 0 spiro atoms. The predicted molar refractivity (Wildman–Crippen MR) is 91.0 cm³/mol. The van der Waals surface area contributed by atoms with E-state index in [1.54, 1.807) is 24.6 Å². The Morgan fingerprint density at radius 3 is 2.68 bits per heavy atom. The van der Waals surface area contributed by atoms with Crippen LogP contribution in [-0.4, -0.2) is 63.1 Å². The molecule has 1 fully saturated rings. The second-order valence-corrected chi connectivity index (χ2v) is 6.76. The molecule has 1 atom stereocenters. The molecule has 4 rings (SSSR count). The summed E-state index contributed by atoms with van der Waals surface area (Å²) in [6, 6.07) is 7.76. The Morgan fingerprint density at radius 2 is 1.96 bits per heavy atom. The number of likely N-dealkylation sites (N-methyl/N-ethyl adjacent to an activating group) is 1.